The largest absolute Gasteiger partial charge is 0.506 e. The summed E-state index contributed by atoms with van der Waals surface area (Å²) in [5.41, 5.74) is 0.239. The monoisotopic (exact) mass is 479 g/mol. The number of nitrogens with zero attached hydrogens (tertiary/aromatic N) is 2. The quantitative estimate of drug-likeness (QED) is 0.566. The van der Waals surface area contributed by atoms with Crippen molar-refractivity contribution < 1.29 is 19.4 Å². The van der Waals surface area contributed by atoms with Gasteiger partial charge in [-0.15, -0.1) is 11.3 Å². The number of hydrogen-bond donors (Lipinski definition) is 2. The Kier molecular flexibility index (Phi) is 6.80. The number of aromatic hydroxyl groups is 1. The van der Waals surface area contributed by atoms with Crippen LogP contribution < -0.4 is 5.32 Å². The van der Waals surface area contributed by atoms with Gasteiger partial charge in [-0.25, -0.2) is 0 Å². The molecule has 2 unspecified atom stereocenters. The Morgan fingerprint density at radius 3 is 2.71 bits per heavy atom. The molecular weight excluding hydrogens is 450 g/mol. The summed E-state index contributed by atoms with van der Waals surface area (Å²) >= 11 is 1.69. The number of carbonyl (C=O) groups excluding carboxylic acids is 2. The molecule has 2 aliphatic heterocycles. The first-order chi connectivity index (χ1) is 16.6. The molecule has 2 N–H and O–H groups in total. The van der Waals surface area contributed by atoms with Gasteiger partial charge in [0.15, 0.2) is 0 Å². The number of carbonyl (C=O) groups is 2. The molecular formula is C26H29N3O4S. The molecule has 5 rings (SSSR count). The number of rotatable bonds is 6. The minimum atomic E-state index is -0.535. The maximum atomic E-state index is 13.4. The average molecular weight is 480 g/mol. The summed E-state index contributed by atoms with van der Waals surface area (Å²) in [6.45, 7) is 4.02. The highest BCUT2D eigenvalue weighted by molar-refractivity contribution is 7.10. The van der Waals surface area contributed by atoms with Crippen LogP contribution in [0.15, 0.2) is 53.9 Å². The van der Waals surface area contributed by atoms with Crippen LogP contribution in [-0.4, -0.2) is 72.2 Å². The van der Waals surface area contributed by atoms with Crippen LogP contribution in [0.2, 0.25) is 0 Å². The summed E-state index contributed by atoms with van der Waals surface area (Å²) in [5.74, 6) is -0.468. The second kappa shape index (κ2) is 10.1. The third kappa shape index (κ3) is 4.53. The first kappa shape index (κ1) is 22.8. The Balaban J connectivity index is 1.30. The van der Waals surface area contributed by atoms with Gasteiger partial charge in [0, 0.05) is 36.4 Å². The lowest BCUT2D eigenvalue weighted by atomic mass is 10.0. The van der Waals surface area contributed by atoms with Crippen molar-refractivity contribution in [1.29, 1.82) is 0 Å². The van der Waals surface area contributed by atoms with Crippen LogP contribution in [0.1, 0.15) is 34.1 Å². The summed E-state index contributed by atoms with van der Waals surface area (Å²) in [6, 6.07) is 14.6. The number of ether oxygens (including phenoxy) is 1. The number of nitrogens with one attached hydrogen (secondary N) is 1. The van der Waals surface area contributed by atoms with E-state index in [-0.39, 0.29) is 29.2 Å². The molecule has 1 aromatic heterocycles. The number of likely N-dealkylation sites (tertiary alicyclic amines) is 1. The second-order valence-electron chi connectivity index (χ2n) is 8.76. The Labute approximate surface area is 202 Å². The van der Waals surface area contributed by atoms with E-state index in [1.54, 1.807) is 28.4 Å². The number of amides is 2. The molecule has 8 heteroatoms. The molecule has 2 atom stereocenters. The van der Waals surface area contributed by atoms with Gasteiger partial charge in [-0.05, 0) is 35.7 Å². The predicted molar refractivity (Wildman–Crippen MR) is 132 cm³/mol. The van der Waals surface area contributed by atoms with Crippen molar-refractivity contribution in [2.45, 2.75) is 24.9 Å². The van der Waals surface area contributed by atoms with Crippen LogP contribution in [0.4, 0.5) is 0 Å². The van der Waals surface area contributed by atoms with E-state index in [1.165, 1.54) is 4.88 Å². The van der Waals surface area contributed by atoms with E-state index in [9.17, 15) is 14.7 Å². The Morgan fingerprint density at radius 1 is 1.09 bits per heavy atom. The number of phenolic OH excluding ortho intramolecular Hbond substituents is 1. The molecule has 0 bridgehead atoms. The van der Waals surface area contributed by atoms with Gasteiger partial charge >= 0.3 is 0 Å². The molecule has 7 nitrogen and oxygen atoms in total. The van der Waals surface area contributed by atoms with E-state index in [2.05, 4.69) is 21.7 Å². The SMILES string of the molecule is O=C(NCC(c1cccs1)N1CCOCC1)C1CCCN1C(=O)c1ccc2ccccc2c1O. The van der Waals surface area contributed by atoms with Crippen molar-refractivity contribution in [3.8, 4) is 5.75 Å². The lowest BCUT2D eigenvalue weighted by molar-refractivity contribution is -0.125. The number of morpholine rings is 1. The molecule has 3 heterocycles. The number of thiophene rings is 1. The van der Waals surface area contributed by atoms with Crippen LogP contribution in [0, 0.1) is 0 Å². The highest BCUT2D eigenvalue weighted by Gasteiger charge is 2.36. The molecule has 2 saturated heterocycles. The molecule has 0 saturated carbocycles. The lowest BCUT2D eigenvalue weighted by Crippen LogP contribution is -2.49. The van der Waals surface area contributed by atoms with Crippen molar-refractivity contribution in [2.24, 2.45) is 0 Å². The topological polar surface area (TPSA) is 82.1 Å². The normalized spacial score (nSPS) is 19.9. The van der Waals surface area contributed by atoms with Crippen LogP contribution in [-0.2, 0) is 9.53 Å². The van der Waals surface area contributed by atoms with Crippen LogP contribution in [0.5, 0.6) is 5.75 Å². The van der Waals surface area contributed by atoms with Gasteiger partial charge in [0.05, 0.1) is 24.8 Å². The smallest absolute Gasteiger partial charge is 0.258 e. The minimum Gasteiger partial charge on any atom is -0.506 e. The highest BCUT2D eigenvalue weighted by Crippen LogP contribution is 2.31. The maximum Gasteiger partial charge on any atom is 0.258 e. The van der Waals surface area contributed by atoms with Crippen LogP contribution in [0.3, 0.4) is 0 Å². The van der Waals surface area contributed by atoms with E-state index in [1.807, 2.05) is 30.3 Å². The highest BCUT2D eigenvalue weighted by atomic mass is 32.1. The summed E-state index contributed by atoms with van der Waals surface area (Å²) in [6.07, 6.45) is 1.38. The van der Waals surface area contributed by atoms with Crippen molar-refractivity contribution >= 4 is 33.9 Å². The van der Waals surface area contributed by atoms with E-state index < -0.39 is 6.04 Å². The third-order valence-corrected chi connectivity index (χ3v) is 7.75. The molecule has 34 heavy (non-hydrogen) atoms. The predicted octanol–water partition coefficient (Wildman–Crippen LogP) is 3.40. The van der Waals surface area contributed by atoms with Gasteiger partial charge in [0.25, 0.3) is 5.91 Å². The molecule has 0 aliphatic carbocycles. The number of hydrogen-bond acceptors (Lipinski definition) is 6. The molecule has 178 valence electrons. The molecule has 0 spiro atoms. The summed E-state index contributed by atoms with van der Waals surface area (Å²) in [4.78, 5) is 31.8. The number of benzene rings is 2. The van der Waals surface area contributed by atoms with E-state index >= 15 is 0 Å². The minimum absolute atomic E-state index is 0.0285. The molecule has 2 aromatic carbocycles. The first-order valence-electron chi connectivity index (χ1n) is 11.8. The number of phenols is 1. The lowest BCUT2D eigenvalue weighted by Gasteiger charge is -2.34. The van der Waals surface area contributed by atoms with E-state index in [0.717, 1.165) is 24.9 Å². The third-order valence-electron chi connectivity index (χ3n) is 6.78. The van der Waals surface area contributed by atoms with Crippen LogP contribution in [0.25, 0.3) is 10.8 Å². The van der Waals surface area contributed by atoms with Gasteiger partial charge in [-0.2, -0.15) is 0 Å². The van der Waals surface area contributed by atoms with Gasteiger partial charge in [-0.3, -0.25) is 14.5 Å². The fourth-order valence-electron chi connectivity index (χ4n) is 4.96. The average Bonchev–Trinajstić information content (AvgIpc) is 3.58. The zero-order valence-electron chi connectivity index (χ0n) is 19.0. The Bertz CT molecular complexity index is 1160. The van der Waals surface area contributed by atoms with Gasteiger partial charge in [0.1, 0.15) is 11.8 Å². The van der Waals surface area contributed by atoms with E-state index in [0.29, 0.717) is 38.1 Å². The maximum absolute atomic E-state index is 13.4. The number of fused-ring (bicyclic) bond motifs is 1. The fraction of sp³-hybridized carbons (Fsp3) is 0.385. The molecule has 2 aliphatic rings. The molecule has 2 fully saturated rings. The van der Waals surface area contributed by atoms with Gasteiger partial charge < -0.3 is 20.1 Å². The molecule has 0 radical (unpaired) electrons. The summed E-state index contributed by atoms with van der Waals surface area (Å²) in [7, 11) is 0. The van der Waals surface area contributed by atoms with Gasteiger partial charge in [-0.1, -0.05) is 36.4 Å². The summed E-state index contributed by atoms with van der Waals surface area (Å²) in [5, 5.41) is 17.4. The fourth-order valence-corrected chi connectivity index (χ4v) is 5.82. The van der Waals surface area contributed by atoms with Gasteiger partial charge in [0.2, 0.25) is 5.91 Å². The zero-order valence-corrected chi connectivity index (χ0v) is 19.8. The Hall–Kier alpha value is -2.94. The van der Waals surface area contributed by atoms with Crippen molar-refractivity contribution in [2.75, 3.05) is 39.4 Å². The van der Waals surface area contributed by atoms with Crippen molar-refractivity contribution in [3.05, 3.63) is 64.4 Å². The van der Waals surface area contributed by atoms with Crippen molar-refractivity contribution in [3.63, 3.8) is 0 Å². The molecule has 3 aromatic rings. The zero-order chi connectivity index (χ0) is 23.5. The van der Waals surface area contributed by atoms with Crippen LogP contribution >= 0.6 is 11.3 Å². The van der Waals surface area contributed by atoms with Crippen molar-refractivity contribution in [1.82, 2.24) is 15.1 Å². The van der Waals surface area contributed by atoms with E-state index in [4.69, 9.17) is 4.74 Å². The standard InChI is InChI=1S/C26H29N3O4S/c30-24-19-6-2-1-5-18(19)9-10-20(24)26(32)29-11-3-7-21(29)25(31)27-17-22(23-8-4-16-34-23)28-12-14-33-15-13-28/h1-2,4-6,8-10,16,21-22,30H,3,7,11-15,17H2,(H,27,31). The second-order valence-corrected chi connectivity index (χ2v) is 9.74. The summed E-state index contributed by atoms with van der Waals surface area (Å²) < 4.78 is 5.50. The molecule has 2 amide bonds. The first-order valence-corrected chi connectivity index (χ1v) is 12.7. The Morgan fingerprint density at radius 2 is 1.91 bits per heavy atom.